The summed E-state index contributed by atoms with van der Waals surface area (Å²) in [5, 5.41) is 13.1. The maximum atomic E-state index is 12.0. The Morgan fingerprint density at radius 1 is 1.19 bits per heavy atom. The maximum Gasteiger partial charge on any atom is 0.258 e. The van der Waals surface area contributed by atoms with Crippen molar-refractivity contribution in [2.45, 2.75) is 13.5 Å². The van der Waals surface area contributed by atoms with Gasteiger partial charge in [0.05, 0.1) is 5.52 Å². The van der Waals surface area contributed by atoms with Gasteiger partial charge in [0, 0.05) is 18.0 Å². The van der Waals surface area contributed by atoms with Gasteiger partial charge in [0.15, 0.2) is 6.61 Å². The Kier molecular flexibility index (Phi) is 5.26. The zero-order valence-electron chi connectivity index (χ0n) is 14.9. The molecule has 6 heteroatoms. The van der Waals surface area contributed by atoms with Crippen LogP contribution in [0.25, 0.3) is 16.5 Å². The third-order valence-electron chi connectivity index (χ3n) is 4.10. The number of nitrogens with one attached hydrogen (secondary N) is 2. The monoisotopic (exact) mass is 364 g/mol. The second-order valence-corrected chi connectivity index (χ2v) is 6.27. The minimum atomic E-state index is -0.385. The lowest BCUT2D eigenvalue weighted by molar-refractivity contribution is -0.123. The van der Waals surface area contributed by atoms with E-state index in [0.717, 1.165) is 22.8 Å². The number of allylic oxidation sites excluding steroid dienone is 1. The molecule has 3 aromatic rings. The first-order chi connectivity index (χ1) is 12.9. The van der Waals surface area contributed by atoms with Crippen LogP contribution in [0.3, 0.4) is 0 Å². The fraction of sp³-hybridized carbons (Fsp3) is 0.143. The fourth-order valence-electron chi connectivity index (χ4n) is 2.61. The van der Waals surface area contributed by atoms with E-state index in [0.29, 0.717) is 23.2 Å². The van der Waals surface area contributed by atoms with Crippen LogP contribution in [0.1, 0.15) is 18.1 Å². The molecule has 0 spiro atoms. The van der Waals surface area contributed by atoms with E-state index in [4.69, 9.17) is 4.74 Å². The van der Waals surface area contributed by atoms with Gasteiger partial charge in [0.1, 0.15) is 11.5 Å². The molecule has 0 radical (unpaired) electrons. The number of amides is 1. The number of benzene rings is 2. The predicted octanol–water partition coefficient (Wildman–Crippen LogP) is 2.96. The summed E-state index contributed by atoms with van der Waals surface area (Å²) in [4.78, 5) is 25.9. The van der Waals surface area contributed by atoms with Gasteiger partial charge in [-0.15, -0.1) is 0 Å². The molecule has 0 bridgehead atoms. The highest BCUT2D eigenvalue weighted by atomic mass is 16.5. The van der Waals surface area contributed by atoms with Crippen LogP contribution < -0.4 is 15.6 Å². The zero-order chi connectivity index (χ0) is 19.4. The van der Waals surface area contributed by atoms with E-state index in [9.17, 15) is 14.7 Å². The Morgan fingerprint density at radius 2 is 1.93 bits per heavy atom. The van der Waals surface area contributed by atoms with Crippen molar-refractivity contribution in [3.05, 3.63) is 76.6 Å². The highest BCUT2D eigenvalue weighted by Gasteiger charge is 2.07. The van der Waals surface area contributed by atoms with Gasteiger partial charge in [-0.25, -0.2) is 0 Å². The lowest BCUT2D eigenvalue weighted by Gasteiger charge is -2.09. The minimum Gasteiger partial charge on any atom is -0.507 e. The SMILES string of the molecule is C=C(C)c1ccc(CNC(=O)COc2ccc3[nH]c(=O)cc(O)c3c2)cc1. The Bertz CT molecular complexity index is 1050. The Balaban J connectivity index is 1.56. The van der Waals surface area contributed by atoms with Crippen molar-refractivity contribution >= 4 is 22.4 Å². The molecule has 0 saturated carbocycles. The lowest BCUT2D eigenvalue weighted by Crippen LogP contribution is -2.28. The van der Waals surface area contributed by atoms with E-state index in [-0.39, 0.29) is 23.8 Å². The van der Waals surface area contributed by atoms with Crippen LogP contribution in [-0.2, 0) is 11.3 Å². The molecule has 0 saturated heterocycles. The normalized spacial score (nSPS) is 10.6. The van der Waals surface area contributed by atoms with Gasteiger partial charge in [0.25, 0.3) is 11.5 Å². The quantitative estimate of drug-likeness (QED) is 0.627. The minimum absolute atomic E-state index is 0.137. The van der Waals surface area contributed by atoms with E-state index >= 15 is 0 Å². The van der Waals surface area contributed by atoms with Gasteiger partial charge in [-0.3, -0.25) is 9.59 Å². The average Bonchev–Trinajstić information content (AvgIpc) is 2.65. The average molecular weight is 364 g/mol. The topological polar surface area (TPSA) is 91.4 Å². The first-order valence-corrected chi connectivity index (χ1v) is 8.43. The van der Waals surface area contributed by atoms with Crippen LogP contribution in [0.4, 0.5) is 0 Å². The summed E-state index contributed by atoms with van der Waals surface area (Å²) in [6, 6.07) is 13.7. The molecule has 1 aromatic heterocycles. The molecule has 0 atom stereocenters. The summed E-state index contributed by atoms with van der Waals surface area (Å²) < 4.78 is 5.47. The molecule has 27 heavy (non-hydrogen) atoms. The highest BCUT2D eigenvalue weighted by molar-refractivity contribution is 5.86. The number of carbonyl (C=O) groups excluding carboxylic acids is 1. The molecule has 1 amide bonds. The number of aromatic hydroxyl groups is 1. The summed E-state index contributed by atoms with van der Waals surface area (Å²) >= 11 is 0. The summed E-state index contributed by atoms with van der Waals surface area (Å²) in [6.45, 7) is 6.08. The van der Waals surface area contributed by atoms with Crippen molar-refractivity contribution in [2.24, 2.45) is 0 Å². The van der Waals surface area contributed by atoms with E-state index in [1.165, 1.54) is 0 Å². The smallest absolute Gasteiger partial charge is 0.258 e. The summed E-state index contributed by atoms with van der Waals surface area (Å²) in [5.74, 6) is 0.0254. The molecule has 0 unspecified atom stereocenters. The number of fused-ring (bicyclic) bond motifs is 1. The van der Waals surface area contributed by atoms with Gasteiger partial charge >= 0.3 is 0 Å². The second-order valence-electron chi connectivity index (χ2n) is 6.27. The predicted molar refractivity (Wildman–Crippen MR) is 105 cm³/mol. The van der Waals surface area contributed by atoms with Gasteiger partial charge in [-0.1, -0.05) is 36.4 Å². The van der Waals surface area contributed by atoms with E-state index in [1.807, 2.05) is 31.2 Å². The molecule has 3 N–H and O–H groups in total. The molecule has 1 heterocycles. The molecular formula is C21H20N2O4. The fourth-order valence-corrected chi connectivity index (χ4v) is 2.61. The van der Waals surface area contributed by atoms with Crippen LogP contribution in [0.15, 0.2) is 59.9 Å². The summed E-state index contributed by atoms with van der Waals surface area (Å²) in [5.41, 5.74) is 3.14. The van der Waals surface area contributed by atoms with Gasteiger partial charge in [0.2, 0.25) is 0 Å². The number of H-pyrrole nitrogens is 1. The molecule has 0 fully saturated rings. The first-order valence-electron chi connectivity index (χ1n) is 8.43. The molecule has 6 nitrogen and oxygen atoms in total. The van der Waals surface area contributed by atoms with Gasteiger partial charge in [-0.05, 0) is 36.2 Å². The zero-order valence-corrected chi connectivity index (χ0v) is 14.9. The number of hydrogen-bond acceptors (Lipinski definition) is 4. The largest absolute Gasteiger partial charge is 0.507 e. The summed E-state index contributed by atoms with van der Waals surface area (Å²) in [6.07, 6.45) is 0. The van der Waals surface area contributed by atoms with E-state index in [2.05, 4.69) is 16.9 Å². The standard InChI is InChI=1S/C21H20N2O4/c1-13(2)15-5-3-14(4-6-15)11-22-21(26)12-27-16-7-8-18-17(9-16)19(24)10-20(25)23-18/h3-10H,1,11-12H2,2H3,(H,22,26)(H2,23,24,25). The molecule has 0 aliphatic rings. The van der Waals surface area contributed by atoms with Crippen LogP contribution in [0, 0.1) is 0 Å². The molecule has 138 valence electrons. The van der Waals surface area contributed by atoms with Crippen molar-refractivity contribution in [1.82, 2.24) is 10.3 Å². The van der Waals surface area contributed by atoms with Crippen molar-refractivity contribution in [3.8, 4) is 11.5 Å². The Hall–Kier alpha value is -3.54. The number of rotatable bonds is 6. The van der Waals surface area contributed by atoms with Crippen LogP contribution in [0.5, 0.6) is 11.5 Å². The highest BCUT2D eigenvalue weighted by Crippen LogP contribution is 2.25. The van der Waals surface area contributed by atoms with Crippen molar-refractivity contribution < 1.29 is 14.6 Å². The van der Waals surface area contributed by atoms with Crippen molar-refractivity contribution in [1.29, 1.82) is 0 Å². The molecule has 2 aromatic carbocycles. The van der Waals surface area contributed by atoms with Crippen LogP contribution in [-0.4, -0.2) is 22.6 Å². The van der Waals surface area contributed by atoms with E-state index in [1.54, 1.807) is 18.2 Å². The lowest BCUT2D eigenvalue weighted by atomic mass is 10.1. The number of hydrogen-bond donors (Lipinski definition) is 3. The molecule has 3 rings (SSSR count). The first kappa shape index (κ1) is 18.3. The maximum absolute atomic E-state index is 12.0. The Labute approximate surface area is 156 Å². The van der Waals surface area contributed by atoms with Crippen molar-refractivity contribution in [2.75, 3.05) is 6.61 Å². The number of aromatic amines is 1. The second kappa shape index (κ2) is 7.78. The number of carbonyl (C=O) groups is 1. The molecule has 0 aliphatic carbocycles. The van der Waals surface area contributed by atoms with E-state index < -0.39 is 0 Å². The summed E-state index contributed by atoms with van der Waals surface area (Å²) in [7, 11) is 0. The van der Waals surface area contributed by atoms with Crippen molar-refractivity contribution in [3.63, 3.8) is 0 Å². The molecule has 0 aliphatic heterocycles. The molecular weight excluding hydrogens is 344 g/mol. The number of ether oxygens (including phenoxy) is 1. The Morgan fingerprint density at radius 3 is 2.63 bits per heavy atom. The third kappa shape index (κ3) is 4.55. The van der Waals surface area contributed by atoms with Gasteiger partial charge < -0.3 is 20.1 Å². The van der Waals surface area contributed by atoms with Gasteiger partial charge in [-0.2, -0.15) is 0 Å². The number of aromatic nitrogens is 1. The third-order valence-corrected chi connectivity index (χ3v) is 4.10. The number of pyridine rings is 1. The van der Waals surface area contributed by atoms with Crippen LogP contribution in [0.2, 0.25) is 0 Å². The van der Waals surface area contributed by atoms with Crippen LogP contribution >= 0.6 is 0 Å².